The predicted molar refractivity (Wildman–Crippen MR) is 54.4 cm³/mol. The molecule has 0 bridgehead atoms. The van der Waals surface area contributed by atoms with Crippen LogP contribution in [0.2, 0.25) is 0 Å². The van der Waals surface area contributed by atoms with E-state index in [1.807, 2.05) is 0 Å². The Morgan fingerprint density at radius 1 is 1.27 bits per heavy atom. The van der Waals surface area contributed by atoms with Crippen molar-refractivity contribution >= 4 is 28.2 Å². The van der Waals surface area contributed by atoms with E-state index >= 15 is 0 Å². The maximum absolute atomic E-state index is 10.8. The molecule has 1 rings (SSSR count). The Morgan fingerprint density at radius 2 is 1.82 bits per heavy atom. The van der Waals surface area contributed by atoms with Gasteiger partial charge in [0, 0.05) is 0 Å². The van der Waals surface area contributed by atoms with Gasteiger partial charge in [0.1, 0.15) is 0 Å². The van der Waals surface area contributed by atoms with Gasteiger partial charge in [-0.05, 0) is 12.3 Å². The van der Waals surface area contributed by atoms with Crippen LogP contribution in [0.5, 0.6) is 0 Å². The third kappa shape index (κ3) is 4.30. The lowest BCUT2D eigenvalue weighted by molar-refractivity contribution is 0.525. The minimum absolute atomic E-state index is 0.373. The summed E-state index contributed by atoms with van der Waals surface area (Å²) >= 11 is 1.54. The fraction of sp³-hybridized carbons (Fsp3) is 1.00. The van der Waals surface area contributed by atoms with Crippen LogP contribution in [0.15, 0.2) is 0 Å². The highest BCUT2D eigenvalue weighted by Crippen LogP contribution is 2.28. The third-order valence-corrected chi connectivity index (χ3v) is 4.29. The van der Waals surface area contributed by atoms with E-state index in [1.165, 1.54) is 46.9 Å². The monoisotopic (exact) mass is 288 g/mol. The predicted octanol–water partition coefficient (Wildman–Crippen LogP) is 2.33. The fourth-order valence-electron chi connectivity index (χ4n) is 1.61. The van der Waals surface area contributed by atoms with E-state index in [1.54, 1.807) is 0 Å². The first-order valence-corrected chi connectivity index (χ1v) is 8.20. The summed E-state index contributed by atoms with van der Waals surface area (Å²) in [5.74, 6) is 1.07. The first-order valence-electron chi connectivity index (χ1n) is 4.00. The molecule has 2 nitrogen and oxygen atoms in total. The lowest BCUT2D eigenvalue weighted by atomic mass is 10.1. The summed E-state index contributed by atoms with van der Waals surface area (Å²) in [5, 5.41) is 0. The van der Waals surface area contributed by atoms with Gasteiger partial charge in [0.25, 0.3) is 0 Å². The molecule has 0 aromatic rings. The highest BCUT2D eigenvalue weighted by Gasteiger charge is 2.16. The van der Waals surface area contributed by atoms with Gasteiger partial charge >= 0.3 is 0 Å². The van der Waals surface area contributed by atoms with Gasteiger partial charge in [-0.15, -0.1) is 0 Å². The molecule has 0 saturated heterocycles. The molecule has 0 aromatic carbocycles. The molecule has 66 valence electrons. The third-order valence-electron chi connectivity index (χ3n) is 2.24. The van der Waals surface area contributed by atoms with Gasteiger partial charge in [-0.25, -0.2) is 8.42 Å². The molecule has 1 fully saturated rings. The van der Waals surface area contributed by atoms with Gasteiger partial charge in [0.2, 0.25) is 7.01 Å². The van der Waals surface area contributed by atoms with Crippen molar-refractivity contribution in [2.75, 3.05) is 5.75 Å². The molecule has 0 radical (unpaired) electrons. The molecule has 0 unspecified atom stereocenters. The smallest absolute Gasteiger partial charge is 0.203 e. The number of hydrogen-bond donors (Lipinski definition) is 0. The molecule has 1 aliphatic rings. The molecule has 0 atom stereocenters. The maximum Gasteiger partial charge on any atom is 0.203 e. The number of rotatable bonds is 3. The van der Waals surface area contributed by atoms with E-state index in [-0.39, 0.29) is 0 Å². The van der Waals surface area contributed by atoms with Crippen LogP contribution in [0.1, 0.15) is 32.1 Å². The van der Waals surface area contributed by atoms with Crippen molar-refractivity contribution in [3.05, 3.63) is 0 Å². The lowest BCUT2D eigenvalue weighted by Crippen LogP contribution is -2.02. The molecule has 0 aromatic heterocycles. The minimum Gasteiger partial charge on any atom is -0.218 e. The molecule has 0 aliphatic heterocycles. The van der Waals surface area contributed by atoms with Crippen LogP contribution in [-0.2, 0) is 7.01 Å². The zero-order chi connectivity index (χ0) is 8.32. The van der Waals surface area contributed by atoms with Crippen LogP contribution in [0.25, 0.3) is 0 Å². The minimum atomic E-state index is -2.74. The second-order valence-electron chi connectivity index (χ2n) is 3.18. The summed E-state index contributed by atoms with van der Waals surface area (Å²) in [6, 6.07) is 0. The van der Waals surface area contributed by atoms with Crippen molar-refractivity contribution in [1.82, 2.24) is 0 Å². The fourth-order valence-corrected chi connectivity index (χ4v) is 2.98. The Balaban J connectivity index is 2.22. The summed E-state index contributed by atoms with van der Waals surface area (Å²) in [5.41, 5.74) is 0. The van der Waals surface area contributed by atoms with Crippen molar-refractivity contribution in [1.29, 1.82) is 0 Å². The topological polar surface area (TPSA) is 34.1 Å². The van der Waals surface area contributed by atoms with Crippen LogP contribution >= 0.6 is 21.2 Å². The zero-order valence-corrected chi connectivity index (χ0v) is 9.40. The van der Waals surface area contributed by atoms with Crippen molar-refractivity contribution in [3.8, 4) is 0 Å². The second-order valence-corrected chi connectivity index (χ2v) is 8.69. The quantitative estimate of drug-likeness (QED) is 0.590. The zero-order valence-electron chi connectivity index (χ0n) is 6.42. The summed E-state index contributed by atoms with van der Waals surface area (Å²) < 4.78 is 21.5. The van der Waals surface area contributed by atoms with Crippen molar-refractivity contribution in [2.24, 2.45) is 5.92 Å². The Labute approximate surface area is 80.3 Å². The van der Waals surface area contributed by atoms with Crippen LogP contribution in [0.4, 0.5) is 0 Å². The van der Waals surface area contributed by atoms with Crippen molar-refractivity contribution in [3.63, 3.8) is 0 Å². The SMILES string of the molecule is O=S(=O)(I)CCC1CCCC1. The Hall–Kier alpha value is 0.680. The van der Waals surface area contributed by atoms with Gasteiger partial charge in [0.05, 0.1) is 27.0 Å². The highest BCUT2D eigenvalue weighted by molar-refractivity contribution is 14.2. The van der Waals surface area contributed by atoms with Gasteiger partial charge in [-0.3, -0.25) is 0 Å². The first-order chi connectivity index (χ1) is 5.08. The molecular formula is C7H13IO2S. The normalized spacial score (nSPS) is 20.8. The second kappa shape index (κ2) is 4.07. The van der Waals surface area contributed by atoms with Crippen molar-refractivity contribution in [2.45, 2.75) is 32.1 Å². The highest BCUT2D eigenvalue weighted by atomic mass is 127. The van der Waals surface area contributed by atoms with E-state index in [9.17, 15) is 8.42 Å². The van der Waals surface area contributed by atoms with Crippen LogP contribution in [0, 0.1) is 5.92 Å². The van der Waals surface area contributed by atoms with E-state index in [0.29, 0.717) is 11.7 Å². The Morgan fingerprint density at radius 3 is 2.27 bits per heavy atom. The molecule has 0 heterocycles. The summed E-state index contributed by atoms with van der Waals surface area (Å²) in [4.78, 5) is 0. The van der Waals surface area contributed by atoms with Gasteiger partial charge < -0.3 is 0 Å². The molecule has 1 saturated carbocycles. The molecule has 0 N–H and O–H groups in total. The number of halogens is 1. The van der Waals surface area contributed by atoms with Gasteiger partial charge in [-0.1, -0.05) is 25.7 Å². The largest absolute Gasteiger partial charge is 0.218 e. The van der Waals surface area contributed by atoms with E-state index < -0.39 is 7.01 Å². The van der Waals surface area contributed by atoms with E-state index in [4.69, 9.17) is 0 Å². The van der Waals surface area contributed by atoms with E-state index in [2.05, 4.69) is 0 Å². The molecule has 1 aliphatic carbocycles. The summed E-state index contributed by atoms with van der Waals surface area (Å²) in [6.07, 6.45) is 5.96. The van der Waals surface area contributed by atoms with Crippen LogP contribution < -0.4 is 0 Å². The lowest BCUT2D eigenvalue weighted by Gasteiger charge is -2.05. The standard InChI is InChI=1S/C7H13IO2S/c8-11(9,10)6-5-7-3-1-2-4-7/h7H,1-6H2. The molecular weight excluding hydrogens is 275 g/mol. The average Bonchev–Trinajstić information content (AvgIpc) is 2.32. The average molecular weight is 288 g/mol. The van der Waals surface area contributed by atoms with E-state index in [0.717, 1.165) is 6.42 Å². The Bertz CT molecular complexity index is 204. The maximum atomic E-state index is 10.8. The molecule has 4 heteroatoms. The van der Waals surface area contributed by atoms with Crippen molar-refractivity contribution < 1.29 is 8.42 Å². The Kier molecular flexibility index (Phi) is 3.61. The first kappa shape index (κ1) is 9.77. The number of hydrogen-bond acceptors (Lipinski definition) is 2. The van der Waals surface area contributed by atoms with Gasteiger partial charge in [0.15, 0.2) is 0 Å². The van der Waals surface area contributed by atoms with Gasteiger partial charge in [-0.2, -0.15) is 0 Å². The molecule has 0 spiro atoms. The molecule has 0 amide bonds. The summed E-state index contributed by atoms with van der Waals surface area (Å²) in [6.45, 7) is 0. The summed E-state index contributed by atoms with van der Waals surface area (Å²) in [7, 11) is -2.74. The molecule has 11 heavy (non-hydrogen) atoms. The van der Waals surface area contributed by atoms with Crippen LogP contribution in [0.3, 0.4) is 0 Å². The van der Waals surface area contributed by atoms with Crippen LogP contribution in [-0.4, -0.2) is 14.2 Å².